The van der Waals surface area contributed by atoms with E-state index in [0.29, 0.717) is 54.3 Å². The van der Waals surface area contributed by atoms with Gasteiger partial charge < -0.3 is 24.8 Å². The molecule has 0 saturated carbocycles. The molecule has 244 valence electrons. The molecule has 0 aliphatic carbocycles. The fourth-order valence-corrected chi connectivity index (χ4v) is 6.63. The molecule has 3 aliphatic rings. The zero-order chi connectivity index (χ0) is 32.6. The average molecular weight is 638 g/mol. The maximum absolute atomic E-state index is 13.9. The molecule has 1 N–H and O–H groups in total. The number of para-hydroxylation sites is 1. The Balaban J connectivity index is 1.32. The SMILES string of the molecule is CCOc1cc(N2CCN(C(=O)N3CCc4cccc(C(F)(F)F)c43)C[C@H]2CC)c(C(=O)NC2CN(C)C2)nc1-c1cccnc1. The number of benzene rings is 1. The Labute approximate surface area is 266 Å². The van der Waals surface area contributed by atoms with Gasteiger partial charge in [-0.05, 0) is 50.6 Å². The van der Waals surface area contributed by atoms with E-state index in [1.165, 1.54) is 11.0 Å². The van der Waals surface area contributed by atoms with Gasteiger partial charge in [-0.25, -0.2) is 9.78 Å². The van der Waals surface area contributed by atoms with Gasteiger partial charge in [0.15, 0.2) is 5.69 Å². The number of amides is 3. The van der Waals surface area contributed by atoms with Gasteiger partial charge in [0.2, 0.25) is 0 Å². The van der Waals surface area contributed by atoms with Crippen molar-refractivity contribution in [2.75, 3.05) is 62.7 Å². The number of halogens is 3. The van der Waals surface area contributed by atoms with Crippen molar-refractivity contribution in [2.45, 2.75) is 44.9 Å². The van der Waals surface area contributed by atoms with Crippen molar-refractivity contribution in [3.05, 3.63) is 65.6 Å². The lowest BCUT2D eigenvalue weighted by atomic mass is 10.0. The molecule has 2 fully saturated rings. The van der Waals surface area contributed by atoms with Crippen LogP contribution < -0.4 is 19.9 Å². The number of piperazine rings is 1. The number of hydrogen-bond acceptors (Lipinski definition) is 7. The Morgan fingerprint density at radius 1 is 1.07 bits per heavy atom. The van der Waals surface area contributed by atoms with Crippen LogP contribution >= 0.6 is 0 Å². The first-order valence-corrected chi connectivity index (χ1v) is 15.7. The Morgan fingerprint density at radius 3 is 2.54 bits per heavy atom. The highest BCUT2D eigenvalue weighted by atomic mass is 19.4. The minimum absolute atomic E-state index is 0.00179. The van der Waals surface area contributed by atoms with Gasteiger partial charge in [-0.1, -0.05) is 19.1 Å². The van der Waals surface area contributed by atoms with Crippen molar-refractivity contribution in [2.24, 2.45) is 0 Å². The highest BCUT2D eigenvalue weighted by Gasteiger charge is 2.42. The highest BCUT2D eigenvalue weighted by molar-refractivity contribution is 6.00. The zero-order valence-electron chi connectivity index (χ0n) is 26.2. The Morgan fingerprint density at radius 2 is 1.87 bits per heavy atom. The molecule has 5 heterocycles. The molecule has 13 heteroatoms. The monoisotopic (exact) mass is 637 g/mol. The molecule has 3 amide bonds. The number of pyridine rings is 2. The lowest BCUT2D eigenvalue weighted by Crippen LogP contribution is -2.59. The number of likely N-dealkylation sites (tertiary alicyclic amines) is 1. The summed E-state index contributed by atoms with van der Waals surface area (Å²) in [6.45, 7) is 6.81. The number of carbonyl (C=O) groups excluding carboxylic acids is 2. The number of nitrogens with zero attached hydrogens (tertiary/aromatic N) is 6. The predicted molar refractivity (Wildman–Crippen MR) is 168 cm³/mol. The number of ether oxygens (including phenoxy) is 1. The normalized spacial score (nSPS) is 18.7. The number of aromatic nitrogens is 2. The van der Waals surface area contributed by atoms with Gasteiger partial charge >= 0.3 is 12.2 Å². The Hall–Kier alpha value is -4.39. The number of rotatable bonds is 7. The van der Waals surface area contributed by atoms with E-state index in [1.807, 2.05) is 33.0 Å². The summed E-state index contributed by atoms with van der Waals surface area (Å²) in [5.74, 6) is 0.204. The fraction of sp³-hybridized carbons (Fsp3) is 0.455. The van der Waals surface area contributed by atoms with Crippen LogP contribution in [0.5, 0.6) is 5.75 Å². The van der Waals surface area contributed by atoms with E-state index in [0.717, 1.165) is 19.2 Å². The molecule has 2 aromatic heterocycles. The van der Waals surface area contributed by atoms with Gasteiger partial charge in [-0.3, -0.25) is 14.7 Å². The maximum Gasteiger partial charge on any atom is 0.418 e. The lowest BCUT2D eigenvalue weighted by Gasteiger charge is -2.44. The van der Waals surface area contributed by atoms with E-state index in [-0.39, 0.29) is 49.0 Å². The second kappa shape index (κ2) is 12.8. The first-order chi connectivity index (χ1) is 22.1. The molecule has 3 aromatic rings. The third kappa shape index (κ3) is 6.07. The summed E-state index contributed by atoms with van der Waals surface area (Å²) in [4.78, 5) is 43.8. The highest BCUT2D eigenvalue weighted by Crippen LogP contribution is 2.42. The third-order valence-electron chi connectivity index (χ3n) is 8.88. The van der Waals surface area contributed by atoms with Crippen LogP contribution in [-0.4, -0.2) is 96.7 Å². The van der Waals surface area contributed by atoms with E-state index in [9.17, 15) is 22.8 Å². The van der Waals surface area contributed by atoms with Crippen LogP contribution in [0.3, 0.4) is 0 Å². The summed E-state index contributed by atoms with van der Waals surface area (Å²) in [5, 5.41) is 3.11. The molecular formula is C33H38F3N7O3. The second-order valence-corrected chi connectivity index (χ2v) is 12.0. The summed E-state index contributed by atoms with van der Waals surface area (Å²) in [6.07, 6.45) is -0.245. The Kier molecular flexibility index (Phi) is 8.78. The summed E-state index contributed by atoms with van der Waals surface area (Å²) >= 11 is 0. The van der Waals surface area contributed by atoms with Crippen LogP contribution in [0.4, 0.5) is 29.3 Å². The first-order valence-electron chi connectivity index (χ1n) is 15.7. The standard InChI is InChI=1S/C33H38F3N7O3/c1-4-24-20-41(32(45)43-13-11-21-8-6-10-25(30(21)43)33(34,35)36)14-15-42(24)26-16-27(46-5-2)28(22-9-7-12-37-17-22)39-29(26)31(44)38-23-18-40(3)19-23/h6-10,12,16-17,23-24H,4-5,11,13-15,18-20H2,1-3H3,(H,38,44)/t24-/m1/s1. The quantitative estimate of drug-likeness (QED) is 0.402. The van der Waals surface area contributed by atoms with Crippen molar-refractivity contribution in [3.63, 3.8) is 0 Å². The first kappa shape index (κ1) is 31.6. The number of hydrogen-bond donors (Lipinski definition) is 1. The number of anilines is 2. The third-order valence-corrected chi connectivity index (χ3v) is 8.88. The van der Waals surface area contributed by atoms with Crippen molar-refractivity contribution >= 4 is 23.3 Å². The van der Waals surface area contributed by atoms with Crippen LogP contribution in [0.2, 0.25) is 0 Å². The summed E-state index contributed by atoms with van der Waals surface area (Å²) < 4.78 is 47.8. The molecule has 0 radical (unpaired) electrons. The molecule has 6 rings (SSSR count). The largest absolute Gasteiger partial charge is 0.492 e. The minimum Gasteiger partial charge on any atom is -0.492 e. The molecule has 1 atom stereocenters. The van der Waals surface area contributed by atoms with Crippen molar-refractivity contribution in [1.82, 2.24) is 25.1 Å². The summed E-state index contributed by atoms with van der Waals surface area (Å²) in [5.41, 5.74) is 1.73. The van der Waals surface area contributed by atoms with Gasteiger partial charge in [-0.15, -0.1) is 0 Å². The summed E-state index contributed by atoms with van der Waals surface area (Å²) in [6, 6.07) is 8.91. The second-order valence-electron chi connectivity index (χ2n) is 12.0. The van der Waals surface area contributed by atoms with Crippen LogP contribution in [-0.2, 0) is 12.6 Å². The number of urea groups is 1. The van der Waals surface area contributed by atoms with Crippen LogP contribution in [0.1, 0.15) is 41.9 Å². The molecule has 2 saturated heterocycles. The van der Waals surface area contributed by atoms with E-state index in [2.05, 4.69) is 20.1 Å². The molecular weight excluding hydrogens is 599 g/mol. The molecule has 10 nitrogen and oxygen atoms in total. The molecule has 1 aromatic carbocycles. The summed E-state index contributed by atoms with van der Waals surface area (Å²) in [7, 11) is 1.99. The molecule has 0 spiro atoms. The van der Waals surface area contributed by atoms with E-state index in [4.69, 9.17) is 9.72 Å². The van der Waals surface area contributed by atoms with Crippen LogP contribution in [0, 0.1) is 0 Å². The maximum atomic E-state index is 13.9. The van der Waals surface area contributed by atoms with Crippen LogP contribution in [0.15, 0.2) is 48.8 Å². The van der Waals surface area contributed by atoms with E-state index in [1.54, 1.807) is 29.4 Å². The smallest absolute Gasteiger partial charge is 0.418 e. The number of alkyl halides is 3. The average Bonchev–Trinajstić information content (AvgIpc) is 3.47. The van der Waals surface area contributed by atoms with E-state index >= 15 is 0 Å². The molecule has 3 aliphatic heterocycles. The van der Waals surface area contributed by atoms with Crippen LogP contribution in [0.25, 0.3) is 11.3 Å². The Bertz CT molecular complexity index is 1600. The van der Waals surface area contributed by atoms with Gasteiger partial charge in [-0.2, -0.15) is 13.2 Å². The van der Waals surface area contributed by atoms with Crippen molar-refractivity contribution in [3.8, 4) is 17.0 Å². The molecule has 46 heavy (non-hydrogen) atoms. The van der Waals surface area contributed by atoms with Gasteiger partial charge in [0.05, 0.1) is 29.6 Å². The van der Waals surface area contributed by atoms with Gasteiger partial charge in [0.25, 0.3) is 5.91 Å². The number of nitrogens with one attached hydrogen (secondary N) is 1. The zero-order valence-corrected chi connectivity index (χ0v) is 26.2. The van der Waals surface area contributed by atoms with Crippen molar-refractivity contribution < 1.29 is 27.5 Å². The van der Waals surface area contributed by atoms with Gasteiger partial charge in [0.1, 0.15) is 11.4 Å². The van der Waals surface area contributed by atoms with Crippen molar-refractivity contribution in [1.29, 1.82) is 0 Å². The molecule has 0 unspecified atom stereocenters. The number of fused-ring (bicyclic) bond motifs is 1. The fourth-order valence-electron chi connectivity index (χ4n) is 6.63. The minimum atomic E-state index is -4.57. The lowest BCUT2D eigenvalue weighted by molar-refractivity contribution is -0.137. The topological polar surface area (TPSA) is 94.1 Å². The predicted octanol–water partition coefficient (Wildman–Crippen LogP) is 4.69. The van der Waals surface area contributed by atoms with E-state index < -0.39 is 17.8 Å². The van der Waals surface area contributed by atoms with Gasteiger partial charge in [0, 0.05) is 69.3 Å². The number of likely N-dealkylation sites (N-methyl/N-ethyl adjacent to an activating group) is 1. The molecule has 0 bridgehead atoms. The number of carbonyl (C=O) groups is 2.